The molecule has 1 rings (SSSR count). The molecule has 0 aromatic heterocycles. The molecule has 1 amide bonds. The number of hydrogen-bond donors (Lipinski definition) is 1. The molecule has 1 saturated heterocycles. The van der Waals surface area contributed by atoms with E-state index in [1.807, 2.05) is 0 Å². The number of nitrogens with one attached hydrogen (secondary N) is 1. The van der Waals surface area contributed by atoms with E-state index in [9.17, 15) is 9.59 Å². The molecule has 0 aromatic rings. The topological polar surface area (TPSA) is 58.6 Å². The van der Waals surface area contributed by atoms with Crippen LogP contribution < -0.4 is 5.32 Å². The Kier molecular flexibility index (Phi) is 4.29. The van der Waals surface area contributed by atoms with Crippen molar-refractivity contribution in [2.24, 2.45) is 5.41 Å². The lowest BCUT2D eigenvalue weighted by Crippen LogP contribution is -2.52. The van der Waals surface area contributed by atoms with Gasteiger partial charge in [0.25, 0.3) is 0 Å². The zero-order valence-corrected chi connectivity index (χ0v) is 10.2. The highest BCUT2D eigenvalue weighted by molar-refractivity contribution is 6.02. The first-order chi connectivity index (χ1) is 7.54. The molecule has 1 heterocycles. The van der Waals surface area contributed by atoms with Gasteiger partial charge in [0.2, 0.25) is 5.91 Å². The highest BCUT2D eigenvalue weighted by Gasteiger charge is 2.48. The third-order valence-electron chi connectivity index (χ3n) is 2.94. The summed E-state index contributed by atoms with van der Waals surface area (Å²) in [6.07, 6.45) is 1.03. The first-order valence-electron chi connectivity index (χ1n) is 5.64. The van der Waals surface area contributed by atoms with Gasteiger partial charge in [0, 0.05) is 14.1 Å². The molecule has 0 aromatic carbocycles. The molecule has 5 heteroatoms. The molecule has 0 spiro atoms. The maximum Gasteiger partial charge on any atom is 0.321 e. The van der Waals surface area contributed by atoms with Crippen molar-refractivity contribution in [2.45, 2.75) is 19.8 Å². The number of nitrogens with zero attached hydrogens (tertiary/aromatic N) is 1. The van der Waals surface area contributed by atoms with E-state index < -0.39 is 5.41 Å². The largest absolute Gasteiger partial charge is 0.465 e. The summed E-state index contributed by atoms with van der Waals surface area (Å²) in [6.45, 7) is 3.43. The fourth-order valence-corrected chi connectivity index (χ4v) is 2.06. The number of esters is 1. The molecule has 0 aliphatic carbocycles. The van der Waals surface area contributed by atoms with Crippen molar-refractivity contribution >= 4 is 11.9 Å². The number of hydrogen-bond acceptors (Lipinski definition) is 4. The highest BCUT2D eigenvalue weighted by atomic mass is 16.5. The molecule has 1 aliphatic heterocycles. The van der Waals surface area contributed by atoms with Gasteiger partial charge in [-0.1, -0.05) is 0 Å². The second-order valence-electron chi connectivity index (χ2n) is 4.25. The highest BCUT2D eigenvalue weighted by Crippen LogP contribution is 2.32. The Hall–Kier alpha value is -1.10. The summed E-state index contributed by atoms with van der Waals surface area (Å²) in [6, 6.07) is 0. The van der Waals surface area contributed by atoms with E-state index in [0.29, 0.717) is 32.5 Å². The maximum atomic E-state index is 12.1. The van der Waals surface area contributed by atoms with E-state index in [1.54, 1.807) is 21.0 Å². The van der Waals surface area contributed by atoms with E-state index in [-0.39, 0.29) is 11.9 Å². The van der Waals surface area contributed by atoms with Gasteiger partial charge >= 0.3 is 5.97 Å². The fraction of sp³-hybridized carbons (Fsp3) is 0.818. The van der Waals surface area contributed by atoms with Crippen molar-refractivity contribution in [1.82, 2.24) is 10.2 Å². The summed E-state index contributed by atoms with van der Waals surface area (Å²) in [7, 11) is 3.34. The molecular formula is C11H20N2O3. The lowest BCUT2D eigenvalue weighted by Gasteiger charge is -2.35. The number of ether oxygens (including phenoxy) is 1. The number of carbonyl (C=O) groups is 2. The summed E-state index contributed by atoms with van der Waals surface area (Å²) in [5.74, 6) is -0.525. The summed E-state index contributed by atoms with van der Waals surface area (Å²) in [5.41, 5.74) is -0.967. The van der Waals surface area contributed by atoms with Gasteiger partial charge in [-0.15, -0.1) is 0 Å². The van der Waals surface area contributed by atoms with Crippen LogP contribution in [0.15, 0.2) is 0 Å². The van der Waals surface area contributed by atoms with Crippen LogP contribution in [-0.4, -0.2) is 50.6 Å². The number of amides is 1. The lowest BCUT2D eigenvalue weighted by atomic mass is 9.77. The molecular weight excluding hydrogens is 208 g/mol. The molecule has 1 fully saturated rings. The monoisotopic (exact) mass is 228 g/mol. The normalized spacial score (nSPS) is 18.9. The zero-order valence-electron chi connectivity index (χ0n) is 10.2. The third-order valence-corrected chi connectivity index (χ3v) is 2.94. The Bertz CT molecular complexity index is 270. The third kappa shape index (κ3) is 2.35. The fourth-order valence-electron chi connectivity index (χ4n) is 2.06. The Morgan fingerprint density at radius 2 is 1.88 bits per heavy atom. The van der Waals surface area contributed by atoms with Crippen LogP contribution in [0.5, 0.6) is 0 Å². The minimum Gasteiger partial charge on any atom is -0.465 e. The maximum absolute atomic E-state index is 12.1. The molecule has 92 valence electrons. The van der Waals surface area contributed by atoms with E-state index in [2.05, 4.69) is 5.32 Å². The molecule has 0 saturated carbocycles. The van der Waals surface area contributed by atoms with Crippen LogP contribution in [0.4, 0.5) is 0 Å². The first kappa shape index (κ1) is 13.0. The molecule has 0 bridgehead atoms. The molecule has 1 aliphatic rings. The van der Waals surface area contributed by atoms with Crippen LogP contribution in [0.25, 0.3) is 0 Å². The minimum atomic E-state index is -0.967. The van der Waals surface area contributed by atoms with Crippen molar-refractivity contribution < 1.29 is 14.3 Å². The van der Waals surface area contributed by atoms with Crippen LogP contribution in [0.1, 0.15) is 19.8 Å². The molecule has 5 nitrogen and oxygen atoms in total. The van der Waals surface area contributed by atoms with Gasteiger partial charge in [0.05, 0.1) is 6.61 Å². The Morgan fingerprint density at radius 1 is 1.31 bits per heavy atom. The number of piperidine rings is 1. The summed E-state index contributed by atoms with van der Waals surface area (Å²) < 4.78 is 5.04. The number of carbonyl (C=O) groups excluding carboxylic acids is 2. The average molecular weight is 228 g/mol. The van der Waals surface area contributed by atoms with E-state index in [0.717, 1.165) is 0 Å². The smallest absolute Gasteiger partial charge is 0.321 e. The van der Waals surface area contributed by atoms with Crippen LogP contribution >= 0.6 is 0 Å². The predicted octanol–water partition coefficient (Wildman–Crippen LogP) is 0.00750. The van der Waals surface area contributed by atoms with Gasteiger partial charge in [-0.25, -0.2) is 0 Å². The van der Waals surface area contributed by atoms with E-state index in [4.69, 9.17) is 4.74 Å². The average Bonchev–Trinajstić information content (AvgIpc) is 2.29. The van der Waals surface area contributed by atoms with Crippen molar-refractivity contribution in [3.05, 3.63) is 0 Å². The van der Waals surface area contributed by atoms with Gasteiger partial charge < -0.3 is 15.0 Å². The van der Waals surface area contributed by atoms with Crippen LogP contribution in [-0.2, 0) is 14.3 Å². The van der Waals surface area contributed by atoms with Crippen molar-refractivity contribution in [1.29, 1.82) is 0 Å². The van der Waals surface area contributed by atoms with Crippen molar-refractivity contribution in [2.75, 3.05) is 33.8 Å². The SMILES string of the molecule is CCOC(=O)C1(C(=O)N(C)C)CCNCC1. The summed E-state index contributed by atoms with van der Waals surface area (Å²) in [4.78, 5) is 25.6. The Labute approximate surface area is 96.1 Å². The quantitative estimate of drug-likeness (QED) is 0.546. The second-order valence-corrected chi connectivity index (χ2v) is 4.25. The second kappa shape index (κ2) is 5.30. The lowest BCUT2D eigenvalue weighted by molar-refractivity contribution is -0.166. The van der Waals surface area contributed by atoms with Crippen LogP contribution in [0.3, 0.4) is 0 Å². The van der Waals surface area contributed by atoms with Crippen molar-refractivity contribution in [3.63, 3.8) is 0 Å². The van der Waals surface area contributed by atoms with E-state index >= 15 is 0 Å². The van der Waals surface area contributed by atoms with E-state index in [1.165, 1.54) is 4.90 Å². The van der Waals surface area contributed by atoms with Gasteiger partial charge in [-0.3, -0.25) is 9.59 Å². The van der Waals surface area contributed by atoms with Gasteiger partial charge in [-0.05, 0) is 32.9 Å². The van der Waals surface area contributed by atoms with Crippen LogP contribution in [0, 0.1) is 5.41 Å². The minimum absolute atomic E-state index is 0.146. The Balaban J connectivity index is 2.91. The Morgan fingerprint density at radius 3 is 2.31 bits per heavy atom. The summed E-state index contributed by atoms with van der Waals surface area (Å²) >= 11 is 0. The van der Waals surface area contributed by atoms with Gasteiger partial charge in [-0.2, -0.15) is 0 Å². The standard InChI is InChI=1S/C11H20N2O3/c1-4-16-10(15)11(9(14)13(2)3)5-7-12-8-6-11/h12H,4-8H2,1-3H3. The van der Waals surface area contributed by atoms with Gasteiger partial charge in [0.1, 0.15) is 5.41 Å². The number of rotatable bonds is 3. The molecule has 16 heavy (non-hydrogen) atoms. The zero-order chi connectivity index (χ0) is 12.2. The molecule has 0 radical (unpaired) electrons. The van der Waals surface area contributed by atoms with Crippen LogP contribution in [0.2, 0.25) is 0 Å². The molecule has 0 unspecified atom stereocenters. The van der Waals surface area contributed by atoms with Gasteiger partial charge in [0.15, 0.2) is 0 Å². The predicted molar refractivity (Wildman–Crippen MR) is 59.9 cm³/mol. The first-order valence-corrected chi connectivity index (χ1v) is 5.64. The molecule has 1 N–H and O–H groups in total. The summed E-state index contributed by atoms with van der Waals surface area (Å²) in [5, 5.41) is 3.15. The van der Waals surface area contributed by atoms with Crippen molar-refractivity contribution in [3.8, 4) is 0 Å². The molecule has 0 atom stereocenters.